The molecule has 1 saturated carbocycles. The first-order valence-electron chi connectivity index (χ1n) is 8.34. The minimum Gasteiger partial charge on any atom is -0.396 e. The van der Waals surface area contributed by atoms with Crippen molar-refractivity contribution < 1.29 is 9.90 Å². The van der Waals surface area contributed by atoms with Gasteiger partial charge in [0.05, 0.1) is 12.1 Å². The van der Waals surface area contributed by atoms with Crippen molar-refractivity contribution in [1.82, 2.24) is 10.6 Å². The van der Waals surface area contributed by atoms with E-state index in [4.69, 9.17) is 5.26 Å². The van der Waals surface area contributed by atoms with Crippen LogP contribution in [0.15, 0.2) is 30.3 Å². The van der Waals surface area contributed by atoms with Gasteiger partial charge in [-0.1, -0.05) is 43.2 Å². The summed E-state index contributed by atoms with van der Waals surface area (Å²) in [6.07, 6.45) is 5.03. The minimum atomic E-state index is -0.220. The van der Waals surface area contributed by atoms with Gasteiger partial charge in [0.15, 0.2) is 0 Å². The Morgan fingerprint density at radius 1 is 1.30 bits per heavy atom. The average Bonchev–Trinajstić information content (AvgIpc) is 2.59. The second kappa shape index (κ2) is 9.16. The first-order chi connectivity index (χ1) is 11.2. The molecule has 1 aliphatic carbocycles. The quantitative estimate of drug-likeness (QED) is 0.754. The lowest BCUT2D eigenvalue weighted by molar-refractivity contribution is 0.153. The van der Waals surface area contributed by atoms with Gasteiger partial charge in [-0.2, -0.15) is 5.26 Å². The third-order valence-electron chi connectivity index (χ3n) is 4.51. The molecule has 0 bridgehead atoms. The molecule has 23 heavy (non-hydrogen) atoms. The van der Waals surface area contributed by atoms with Crippen LogP contribution in [0.25, 0.3) is 0 Å². The number of urea groups is 1. The fraction of sp³-hybridized carbons (Fsp3) is 0.556. The summed E-state index contributed by atoms with van der Waals surface area (Å²) >= 11 is 0. The van der Waals surface area contributed by atoms with Crippen LogP contribution in [-0.4, -0.2) is 23.8 Å². The Kier molecular flexibility index (Phi) is 6.89. The zero-order chi connectivity index (χ0) is 16.5. The van der Waals surface area contributed by atoms with E-state index in [1.165, 1.54) is 0 Å². The molecule has 5 nitrogen and oxygen atoms in total. The maximum absolute atomic E-state index is 12.3. The highest BCUT2D eigenvalue weighted by atomic mass is 16.3. The smallest absolute Gasteiger partial charge is 0.315 e. The first-order valence-corrected chi connectivity index (χ1v) is 8.34. The highest BCUT2D eigenvalue weighted by molar-refractivity contribution is 5.74. The Morgan fingerprint density at radius 3 is 2.74 bits per heavy atom. The summed E-state index contributed by atoms with van der Waals surface area (Å²) in [5, 5.41) is 24.2. The van der Waals surface area contributed by atoms with Crippen molar-refractivity contribution >= 4 is 6.03 Å². The van der Waals surface area contributed by atoms with Gasteiger partial charge >= 0.3 is 6.03 Å². The normalized spacial score (nSPS) is 21.9. The molecule has 3 N–H and O–H groups in total. The van der Waals surface area contributed by atoms with Crippen LogP contribution in [0.3, 0.4) is 0 Å². The van der Waals surface area contributed by atoms with Crippen molar-refractivity contribution in [1.29, 1.82) is 5.26 Å². The summed E-state index contributed by atoms with van der Waals surface area (Å²) in [5.41, 5.74) is 1.00. The number of hydrogen-bond donors (Lipinski definition) is 3. The van der Waals surface area contributed by atoms with E-state index in [1.54, 1.807) is 0 Å². The largest absolute Gasteiger partial charge is 0.396 e. The number of benzene rings is 1. The molecule has 0 heterocycles. The Morgan fingerprint density at radius 2 is 2.04 bits per heavy atom. The van der Waals surface area contributed by atoms with Gasteiger partial charge in [-0.15, -0.1) is 0 Å². The summed E-state index contributed by atoms with van der Waals surface area (Å²) in [4.78, 5) is 12.3. The van der Waals surface area contributed by atoms with Gasteiger partial charge < -0.3 is 15.7 Å². The summed E-state index contributed by atoms with van der Waals surface area (Å²) < 4.78 is 0. The van der Waals surface area contributed by atoms with Crippen molar-refractivity contribution in [3.8, 4) is 6.07 Å². The molecule has 2 rings (SSSR count). The highest BCUT2D eigenvalue weighted by Crippen LogP contribution is 2.24. The summed E-state index contributed by atoms with van der Waals surface area (Å²) in [6, 6.07) is 11.5. The van der Waals surface area contributed by atoms with E-state index in [9.17, 15) is 9.90 Å². The first kappa shape index (κ1) is 17.3. The molecule has 2 amide bonds. The molecule has 124 valence electrons. The van der Waals surface area contributed by atoms with Gasteiger partial charge in [0.2, 0.25) is 0 Å². The van der Waals surface area contributed by atoms with Crippen LogP contribution in [0.1, 0.15) is 50.1 Å². The summed E-state index contributed by atoms with van der Waals surface area (Å²) in [5.74, 6) is 0.142. The van der Waals surface area contributed by atoms with Crippen LogP contribution in [0.4, 0.5) is 4.79 Å². The molecule has 3 unspecified atom stereocenters. The number of nitriles is 1. The van der Waals surface area contributed by atoms with Crippen LogP contribution in [0.5, 0.6) is 0 Å². The molecule has 1 aliphatic rings. The van der Waals surface area contributed by atoms with Crippen LogP contribution in [0, 0.1) is 17.2 Å². The third-order valence-corrected chi connectivity index (χ3v) is 4.51. The number of amides is 2. The van der Waals surface area contributed by atoms with Crippen molar-refractivity contribution in [3.05, 3.63) is 35.9 Å². The predicted octanol–water partition coefficient (Wildman–Crippen LogP) is 2.88. The third kappa shape index (κ3) is 5.26. The van der Waals surface area contributed by atoms with E-state index in [2.05, 4.69) is 16.7 Å². The lowest BCUT2D eigenvalue weighted by atomic mass is 9.85. The van der Waals surface area contributed by atoms with E-state index < -0.39 is 0 Å². The van der Waals surface area contributed by atoms with Crippen LogP contribution < -0.4 is 10.6 Å². The van der Waals surface area contributed by atoms with Crippen LogP contribution in [-0.2, 0) is 0 Å². The molecule has 1 aromatic rings. The number of aliphatic hydroxyl groups excluding tert-OH is 1. The highest BCUT2D eigenvalue weighted by Gasteiger charge is 2.26. The Hall–Kier alpha value is -2.06. The molecule has 3 atom stereocenters. The fourth-order valence-electron chi connectivity index (χ4n) is 3.20. The minimum absolute atomic E-state index is 0.0288. The van der Waals surface area contributed by atoms with Crippen molar-refractivity contribution in [2.75, 3.05) is 6.61 Å². The van der Waals surface area contributed by atoms with E-state index in [1.807, 2.05) is 30.3 Å². The van der Waals surface area contributed by atoms with Gasteiger partial charge in [-0.25, -0.2) is 4.79 Å². The molecular formula is C18H25N3O2. The summed E-state index contributed by atoms with van der Waals surface area (Å²) in [6.45, 7) is 0.113. The maximum Gasteiger partial charge on any atom is 0.315 e. The number of carbonyl (C=O) groups excluding carboxylic acids is 1. The number of carbonyl (C=O) groups is 1. The van der Waals surface area contributed by atoms with Gasteiger partial charge in [0.1, 0.15) is 0 Å². The number of aliphatic hydroxyl groups is 1. The van der Waals surface area contributed by atoms with E-state index in [0.717, 1.165) is 31.2 Å². The molecular weight excluding hydrogens is 290 g/mol. The number of rotatable bonds is 6. The van der Waals surface area contributed by atoms with E-state index in [-0.39, 0.29) is 30.6 Å². The second-order valence-corrected chi connectivity index (χ2v) is 6.11. The summed E-state index contributed by atoms with van der Waals surface area (Å²) in [7, 11) is 0. The number of nitrogens with one attached hydrogen (secondary N) is 2. The monoisotopic (exact) mass is 315 g/mol. The Bertz CT molecular complexity index is 527. The zero-order valence-electron chi connectivity index (χ0n) is 13.4. The maximum atomic E-state index is 12.3. The van der Waals surface area contributed by atoms with Gasteiger partial charge in [-0.05, 0) is 24.8 Å². The number of nitrogens with zero attached hydrogens (tertiary/aromatic N) is 1. The molecule has 0 saturated heterocycles. The van der Waals surface area contributed by atoms with Gasteiger partial charge in [0.25, 0.3) is 0 Å². The lowest BCUT2D eigenvalue weighted by Gasteiger charge is -2.31. The van der Waals surface area contributed by atoms with E-state index in [0.29, 0.717) is 12.8 Å². The predicted molar refractivity (Wildman–Crippen MR) is 88.5 cm³/mol. The van der Waals surface area contributed by atoms with Gasteiger partial charge in [-0.3, -0.25) is 0 Å². The molecule has 0 aliphatic heterocycles. The molecule has 0 spiro atoms. The molecule has 0 aromatic heterocycles. The molecule has 1 aromatic carbocycles. The fourth-order valence-corrected chi connectivity index (χ4v) is 3.20. The molecule has 0 radical (unpaired) electrons. The van der Waals surface area contributed by atoms with Crippen LogP contribution >= 0.6 is 0 Å². The van der Waals surface area contributed by atoms with Gasteiger partial charge in [0, 0.05) is 25.0 Å². The van der Waals surface area contributed by atoms with Crippen molar-refractivity contribution in [2.24, 2.45) is 5.92 Å². The second-order valence-electron chi connectivity index (χ2n) is 6.11. The lowest BCUT2D eigenvalue weighted by Crippen LogP contribution is -2.48. The Balaban J connectivity index is 1.95. The molecule has 5 heteroatoms. The Labute approximate surface area is 137 Å². The van der Waals surface area contributed by atoms with Crippen molar-refractivity contribution in [3.63, 3.8) is 0 Å². The molecule has 1 fully saturated rings. The van der Waals surface area contributed by atoms with E-state index >= 15 is 0 Å². The SMILES string of the molecule is N#CCCC(NC(=O)NC1CCCCC1CO)c1ccccc1. The van der Waals surface area contributed by atoms with Crippen LogP contribution in [0.2, 0.25) is 0 Å². The zero-order valence-corrected chi connectivity index (χ0v) is 13.4. The number of hydrogen-bond acceptors (Lipinski definition) is 3. The average molecular weight is 315 g/mol. The standard InChI is InChI=1S/C18H25N3O2/c19-12-6-11-16(14-7-2-1-3-8-14)20-18(23)21-17-10-5-4-9-15(17)13-22/h1-3,7-8,15-17,22H,4-6,9-11,13H2,(H2,20,21,23). The topological polar surface area (TPSA) is 85.2 Å². The van der Waals surface area contributed by atoms with Crippen molar-refractivity contribution in [2.45, 2.75) is 50.6 Å².